The zero-order valence-electron chi connectivity index (χ0n) is 15.5. The molecule has 1 aromatic heterocycles. The molecule has 0 bridgehead atoms. The first-order valence-corrected chi connectivity index (χ1v) is 10.4. The molecular formula is C19H20N4O3S2. The van der Waals surface area contributed by atoms with Gasteiger partial charge in [0, 0.05) is 11.4 Å². The molecule has 0 saturated heterocycles. The number of aromatic nitrogens is 2. The van der Waals surface area contributed by atoms with Gasteiger partial charge in [-0.05, 0) is 55.5 Å². The van der Waals surface area contributed by atoms with Crippen molar-refractivity contribution in [2.24, 2.45) is 0 Å². The highest BCUT2D eigenvalue weighted by molar-refractivity contribution is 8.01. The first-order valence-electron chi connectivity index (χ1n) is 8.56. The molecule has 28 heavy (non-hydrogen) atoms. The average molecular weight is 417 g/mol. The van der Waals surface area contributed by atoms with Gasteiger partial charge in [0.15, 0.2) is 4.34 Å². The van der Waals surface area contributed by atoms with E-state index in [1.807, 2.05) is 55.5 Å². The monoisotopic (exact) mass is 416 g/mol. The largest absolute Gasteiger partial charge is 0.497 e. The Bertz CT molecular complexity index is 898. The van der Waals surface area contributed by atoms with Crippen molar-refractivity contribution in [1.82, 2.24) is 10.2 Å². The number of amides is 1. The number of rotatable bonds is 9. The Morgan fingerprint density at radius 3 is 2.39 bits per heavy atom. The molecule has 0 unspecified atom stereocenters. The van der Waals surface area contributed by atoms with Gasteiger partial charge in [0.2, 0.25) is 11.0 Å². The van der Waals surface area contributed by atoms with Crippen LogP contribution >= 0.6 is 23.1 Å². The van der Waals surface area contributed by atoms with Crippen LogP contribution in [0.5, 0.6) is 11.5 Å². The second-order valence-electron chi connectivity index (χ2n) is 5.52. The van der Waals surface area contributed by atoms with Crippen LogP contribution in [0.1, 0.15) is 6.92 Å². The lowest BCUT2D eigenvalue weighted by Crippen LogP contribution is -2.13. The summed E-state index contributed by atoms with van der Waals surface area (Å²) in [6.45, 7) is 2.54. The van der Waals surface area contributed by atoms with Gasteiger partial charge in [-0.1, -0.05) is 23.1 Å². The van der Waals surface area contributed by atoms with Crippen LogP contribution in [-0.2, 0) is 4.79 Å². The molecule has 0 radical (unpaired) electrons. The maximum absolute atomic E-state index is 12.1. The first kappa shape index (κ1) is 20.0. The predicted octanol–water partition coefficient (Wildman–Crippen LogP) is 4.42. The molecule has 3 rings (SSSR count). The predicted molar refractivity (Wildman–Crippen MR) is 113 cm³/mol. The molecule has 0 aliphatic heterocycles. The van der Waals surface area contributed by atoms with Gasteiger partial charge in [-0.2, -0.15) is 0 Å². The Hall–Kier alpha value is -2.78. The Morgan fingerprint density at radius 1 is 1.04 bits per heavy atom. The van der Waals surface area contributed by atoms with E-state index in [2.05, 4.69) is 20.8 Å². The minimum atomic E-state index is -0.103. The number of benzene rings is 2. The third-order valence-corrected chi connectivity index (χ3v) is 5.50. The summed E-state index contributed by atoms with van der Waals surface area (Å²) in [5.41, 5.74) is 1.62. The van der Waals surface area contributed by atoms with Gasteiger partial charge < -0.3 is 20.1 Å². The number of hydrogen-bond donors (Lipinski definition) is 2. The molecule has 146 valence electrons. The van der Waals surface area contributed by atoms with Gasteiger partial charge in [-0.25, -0.2) is 0 Å². The van der Waals surface area contributed by atoms with E-state index < -0.39 is 0 Å². The molecule has 9 heteroatoms. The molecule has 0 atom stereocenters. The Kier molecular flexibility index (Phi) is 7.10. The van der Waals surface area contributed by atoms with Crippen molar-refractivity contribution in [3.63, 3.8) is 0 Å². The minimum Gasteiger partial charge on any atom is -0.497 e. The SMILES string of the molecule is CCOc1ccc(NC(=O)CSc2nnc(Nc3ccc(OC)cc3)s2)cc1. The molecule has 0 saturated carbocycles. The van der Waals surface area contributed by atoms with Crippen molar-refractivity contribution >= 4 is 45.5 Å². The van der Waals surface area contributed by atoms with Crippen LogP contribution < -0.4 is 20.1 Å². The van der Waals surface area contributed by atoms with E-state index in [0.717, 1.165) is 27.2 Å². The molecule has 2 aromatic carbocycles. The third kappa shape index (κ3) is 5.86. The van der Waals surface area contributed by atoms with E-state index in [0.29, 0.717) is 11.7 Å². The second kappa shape index (κ2) is 9.95. The molecule has 7 nitrogen and oxygen atoms in total. The lowest BCUT2D eigenvalue weighted by Gasteiger charge is -2.06. The van der Waals surface area contributed by atoms with Crippen molar-refractivity contribution < 1.29 is 14.3 Å². The Morgan fingerprint density at radius 2 is 1.71 bits per heavy atom. The van der Waals surface area contributed by atoms with Crippen LogP contribution in [0.3, 0.4) is 0 Å². The minimum absolute atomic E-state index is 0.103. The van der Waals surface area contributed by atoms with Crippen LogP contribution in [0.2, 0.25) is 0 Å². The van der Waals surface area contributed by atoms with Gasteiger partial charge in [0.05, 0.1) is 19.5 Å². The van der Waals surface area contributed by atoms with Crippen LogP contribution in [-0.4, -0.2) is 35.6 Å². The van der Waals surface area contributed by atoms with Crippen molar-refractivity contribution in [3.8, 4) is 11.5 Å². The lowest BCUT2D eigenvalue weighted by atomic mass is 10.3. The summed E-state index contributed by atoms with van der Waals surface area (Å²) in [6.07, 6.45) is 0. The van der Waals surface area contributed by atoms with Gasteiger partial charge in [0.25, 0.3) is 0 Å². The zero-order chi connectivity index (χ0) is 19.8. The maximum atomic E-state index is 12.1. The van der Waals surface area contributed by atoms with Crippen LogP contribution in [0, 0.1) is 0 Å². The number of hydrogen-bond acceptors (Lipinski definition) is 8. The topological polar surface area (TPSA) is 85.4 Å². The average Bonchev–Trinajstić information content (AvgIpc) is 3.16. The summed E-state index contributed by atoms with van der Waals surface area (Å²) in [7, 11) is 1.63. The van der Waals surface area contributed by atoms with Crippen LogP contribution in [0.4, 0.5) is 16.5 Å². The van der Waals surface area contributed by atoms with E-state index in [1.54, 1.807) is 7.11 Å². The van der Waals surface area contributed by atoms with Crippen molar-refractivity contribution in [2.45, 2.75) is 11.3 Å². The highest BCUT2D eigenvalue weighted by atomic mass is 32.2. The fourth-order valence-corrected chi connectivity index (χ4v) is 3.81. The number of thioether (sulfide) groups is 1. The van der Waals surface area contributed by atoms with E-state index in [-0.39, 0.29) is 11.7 Å². The molecule has 3 aromatic rings. The van der Waals surface area contributed by atoms with Gasteiger partial charge in [-0.15, -0.1) is 10.2 Å². The Labute approximate surface area is 171 Å². The standard InChI is InChI=1S/C19H20N4O3S2/c1-3-26-16-10-6-13(7-11-16)20-17(24)12-27-19-23-22-18(28-19)21-14-4-8-15(25-2)9-5-14/h4-11H,3,12H2,1-2H3,(H,20,24)(H,21,22). The van der Waals surface area contributed by atoms with E-state index in [1.165, 1.54) is 23.1 Å². The number of ether oxygens (including phenoxy) is 2. The molecule has 0 spiro atoms. The van der Waals surface area contributed by atoms with Gasteiger partial charge >= 0.3 is 0 Å². The van der Waals surface area contributed by atoms with Crippen molar-refractivity contribution in [2.75, 3.05) is 30.1 Å². The van der Waals surface area contributed by atoms with Gasteiger partial charge in [-0.3, -0.25) is 4.79 Å². The number of anilines is 3. The summed E-state index contributed by atoms with van der Waals surface area (Å²) in [5, 5.41) is 14.9. The lowest BCUT2D eigenvalue weighted by molar-refractivity contribution is -0.113. The second-order valence-corrected chi connectivity index (χ2v) is 7.72. The Balaban J connectivity index is 1.47. The van der Waals surface area contributed by atoms with Crippen LogP contribution in [0.25, 0.3) is 0 Å². The summed E-state index contributed by atoms with van der Waals surface area (Å²) < 4.78 is 11.2. The van der Waals surface area contributed by atoms with Crippen molar-refractivity contribution in [3.05, 3.63) is 48.5 Å². The summed E-state index contributed by atoms with van der Waals surface area (Å²) in [5.74, 6) is 1.72. The third-order valence-electron chi connectivity index (χ3n) is 3.52. The van der Waals surface area contributed by atoms with E-state index in [4.69, 9.17) is 9.47 Å². The summed E-state index contributed by atoms with van der Waals surface area (Å²) >= 11 is 2.74. The fraction of sp³-hybridized carbons (Fsp3) is 0.211. The normalized spacial score (nSPS) is 10.4. The molecular weight excluding hydrogens is 396 g/mol. The molecule has 0 aliphatic rings. The summed E-state index contributed by atoms with van der Waals surface area (Å²) in [6, 6.07) is 14.8. The number of nitrogens with zero attached hydrogens (tertiary/aromatic N) is 2. The number of methoxy groups -OCH3 is 1. The number of carbonyl (C=O) groups excluding carboxylic acids is 1. The van der Waals surface area contributed by atoms with Crippen molar-refractivity contribution in [1.29, 1.82) is 0 Å². The first-order chi connectivity index (χ1) is 13.7. The number of carbonyl (C=O) groups is 1. The zero-order valence-corrected chi connectivity index (χ0v) is 17.1. The molecule has 1 heterocycles. The smallest absolute Gasteiger partial charge is 0.234 e. The molecule has 0 aliphatic carbocycles. The van der Waals surface area contributed by atoms with Gasteiger partial charge in [0.1, 0.15) is 11.5 Å². The van der Waals surface area contributed by atoms with E-state index in [9.17, 15) is 4.79 Å². The quantitative estimate of drug-likeness (QED) is 0.499. The molecule has 0 fully saturated rings. The fourth-order valence-electron chi connectivity index (χ4n) is 2.24. The number of nitrogens with one attached hydrogen (secondary N) is 2. The van der Waals surface area contributed by atoms with Crippen LogP contribution in [0.15, 0.2) is 52.9 Å². The van der Waals surface area contributed by atoms with E-state index >= 15 is 0 Å². The summed E-state index contributed by atoms with van der Waals surface area (Å²) in [4.78, 5) is 12.1. The molecule has 1 amide bonds. The maximum Gasteiger partial charge on any atom is 0.234 e. The highest BCUT2D eigenvalue weighted by Gasteiger charge is 2.09. The highest BCUT2D eigenvalue weighted by Crippen LogP contribution is 2.28. The molecule has 2 N–H and O–H groups in total.